The lowest BCUT2D eigenvalue weighted by molar-refractivity contribution is -0.133. The summed E-state index contributed by atoms with van der Waals surface area (Å²) in [6, 6.07) is 16.9. The quantitative estimate of drug-likeness (QED) is 0.369. The summed E-state index contributed by atoms with van der Waals surface area (Å²) in [5, 5.41) is 5.50. The van der Waals surface area contributed by atoms with Gasteiger partial charge >= 0.3 is 11.8 Å². The Hall–Kier alpha value is -5.06. The summed E-state index contributed by atoms with van der Waals surface area (Å²) in [6.07, 6.45) is 0. The molecule has 10 nitrogen and oxygen atoms in total. The smallest absolute Gasteiger partial charge is 0.328 e. The first-order valence-electron chi connectivity index (χ1n) is 10.7. The number of carbonyl (C=O) groups excluding carboxylic acids is 3. The normalized spacial score (nSPS) is 11.7. The number of hydrogen-bond acceptors (Lipinski definition) is 6. The molecule has 5 rings (SSSR count). The van der Waals surface area contributed by atoms with Crippen LogP contribution in [-0.2, 0) is 9.59 Å². The van der Waals surface area contributed by atoms with E-state index in [1.54, 1.807) is 36.4 Å². The van der Waals surface area contributed by atoms with Crippen molar-refractivity contribution in [2.45, 2.75) is 0 Å². The van der Waals surface area contributed by atoms with Crippen molar-refractivity contribution in [2.75, 3.05) is 30.0 Å². The highest BCUT2D eigenvalue weighted by molar-refractivity contribution is 6.42. The van der Waals surface area contributed by atoms with Gasteiger partial charge in [0.15, 0.2) is 11.5 Å². The molecule has 0 unspecified atom stereocenters. The van der Waals surface area contributed by atoms with E-state index in [1.165, 1.54) is 37.4 Å². The molecule has 4 aromatic rings. The number of nitrogens with one attached hydrogen (secondary N) is 3. The van der Waals surface area contributed by atoms with Crippen LogP contribution in [0.3, 0.4) is 0 Å². The Bertz CT molecular complexity index is 1520. The molecule has 182 valence electrons. The molecule has 0 radical (unpaired) electrons. The van der Waals surface area contributed by atoms with Gasteiger partial charge in [0, 0.05) is 17.1 Å². The third-order valence-electron chi connectivity index (χ3n) is 5.41. The van der Waals surface area contributed by atoms with Crippen LogP contribution in [0.2, 0.25) is 0 Å². The molecule has 3 amide bonds. The number of para-hydroxylation sites is 2. The lowest BCUT2D eigenvalue weighted by Gasteiger charge is -2.14. The maximum Gasteiger partial charge on any atom is 0.328 e. The van der Waals surface area contributed by atoms with E-state index < -0.39 is 23.5 Å². The van der Waals surface area contributed by atoms with Crippen LogP contribution < -0.4 is 30.3 Å². The number of rotatable bonds is 5. The number of fused-ring (bicyclic) bond motifs is 2. The molecule has 3 N–H and O–H groups in total. The summed E-state index contributed by atoms with van der Waals surface area (Å²) < 4.78 is 31.1. The molecule has 0 saturated heterocycles. The summed E-state index contributed by atoms with van der Waals surface area (Å²) >= 11 is 0. The van der Waals surface area contributed by atoms with Gasteiger partial charge in [0.05, 0.1) is 12.8 Å². The molecule has 36 heavy (non-hydrogen) atoms. The number of amides is 3. The van der Waals surface area contributed by atoms with E-state index in [2.05, 4.69) is 16.1 Å². The maximum atomic E-state index is 14.1. The third-order valence-corrected chi connectivity index (χ3v) is 5.41. The van der Waals surface area contributed by atoms with Crippen LogP contribution in [0, 0.1) is 5.82 Å². The van der Waals surface area contributed by atoms with Gasteiger partial charge in [0.25, 0.3) is 5.91 Å². The van der Waals surface area contributed by atoms with E-state index in [-0.39, 0.29) is 18.2 Å². The minimum absolute atomic E-state index is 0.0434. The third kappa shape index (κ3) is 4.25. The zero-order chi connectivity index (χ0) is 25.2. The summed E-state index contributed by atoms with van der Waals surface area (Å²) in [4.78, 5) is 38.6. The number of methoxy groups -OCH3 is 1. The Morgan fingerprint density at radius 3 is 2.53 bits per heavy atom. The lowest BCUT2D eigenvalue weighted by Crippen LogP contribution is -2.36. The first-order chi connectivity index (χ1) is 17.4. The van der Waals surface area contributed by atoms with Crippen molar-refractivity contribution in [3.63, 3.8) is 0 Å². The van der Waals surface area contributed by atoms with Crippen LogP contribution in [0.1, 0.15) is 10.5 Å². The van der Waals surface area contributed by atoms with Crippen LogP contribution in [-0.4, -0.2) is 36.3 Å². The minimum Gasteiger partial charge on any atom is -0.494 e. The second-order valence-corrected chi connectivity index (χ2v) is 7.66. The Labute approximate surface area is 203 Å². The number of anilines is 2. The number of hydrogen-bond donors (Lipinski definition) is 3. The largest absolute Gasteiger partial charge is 0.494 e. The maximum absolute atomic E-state index is 14.1. The molecule has 1 aromatic heterocycles. The number of ether oxygens (including phenoxy) is 3. The van der Waals surface area contributed by atoms with Gasteiger partial charge < -0.3 is 24.8 Å². The molecule has 1 aliphatic heterocycles. The Morgan fingerprint density at radius 1 is 0.917 bits per heavy atom. The molecule has 0 bridgehead atoms. The van der Waals surface area contributed by atoms with Crippen LogP contribution in [0.4, 0.5) is 15.8 Å². The lowest BCUT2D eigenvalue weighted by atomic mass is 10.2. The number of carbonyl (C=O) groups is 3. The van der Waals surface area contributed by atoms with Gasteiger partial charge in [-0.1, -0.05) is 24.3 Å². The highest BCUT2D eigenvalue weighted by atomic mass is 19.1. The summed E-state index contributed by atoms with van der Waals surface area (Å²) in [6.45, 7) is 0.0630. The second-order valence-electron chi connectivity index (χ2n) is 7.66. The van der Waals surface area contributed by atoms with Crippen molar-refractivity contribution in [1.82, 2.24) is 4.68 Å². The first kappa shape index (κ1) is 22.7. The van der Waals surface area contributed by atoms with Crippen LogP contribution in [0.25, 0.3) is 10.9 Å². The van der Waals surface area contributed by atoms with E-state index in [1.807, 2.05) is 0 Å². The SMILES string of the molecule is COc1cccc2cc(C(=O)Nc3ccccc3F)n(NC(=O)C(=O)Nc3ccc4c(c3)OCO4)c12. The Kier molecular flexibility index (Phi) is 5.87. The molecular formula is C25H19FN4O6. The van der Waals surface area contributed by atoms with Crippen molar-refractivity contribution in [3.8, 4) is 17.2 Å². The molecule has 1 aliphatic rings. The Morgan fingerprint density at radius 2 is 1.72 bits per heavy atom. The topological polar surface area (TPSA) is 120 Å². The predicted molar refractivity (Wildman–Crippen MR) is 128 cm³/mol. The molecule has 2 heterocycles. The second kappa shape index (κ2) is 9.29. The van der Waals surface area contributed by atoms with Gasteiger partial charge in [0.1, 0.15) is 22.8 Å². The average molecular weight is 490 g/mol. The number of aromatic nitrogens is 1. The number of halogens is 1. The fraction of sp³-hybridized carbons (Fsp3) is 0.0800. The Balaban J connectivity index is 1.44. The molecule has 11 heteroatoms. The highest BCUT2D eigenvalue weighted by Gasteiger charge is 2.24. The molecule has 3 aromatic carbocycles. The van der Waals surface area contributed by atoms with Gasteiger partial charge in [-0.3, -0.25) is 19.8 Å². The van der Waals surface area contributed by atoms with Gasteiger partial charge in [0.2, 0.25) is 6.79 Å². The van der Waals surface area contributed by atoms with Gasteiger partial charge in [-0.2, -0.15) is 0 Å². The van der Waals surface area contributed by atoms with Crippen molar-refractivity contribution < 1.29 is 33.0 Å². The van der Waals surface area contributed by atoms with Crippen molar-refractivity contribution in [3.05, 3.63) is 78.2 Å². The van der Waals surface area contributed by atoms with E-state index in [0.717, 1.165) is 4.68 Å². The standard InChI is InChI=1S/C25H19FN4O6/c1-34-20-8-4-5-14-11-18(23(31)28-17-7-3-2-6-16(17)26)30(22(14)20)29-25(33)24(32)27-15-9-10-19-21(12-15)36-13-35-19/h2-12H,13H2,1H3,(H,27,32)(H,28,31)(H,29,33). The average Bonchev–Trinajstić information content (AvgIpc) is 3.49. The first-order valence-corrected chi connectivity index (χ1v) is 10.7. The fourth-order valence-electron chi connectivity index (χ4n) is 3.74. The molecule has 0 spiro atoms. The highest BCUT2D eigenvalue weighted by Crippen LogP contribution is 2.34. The van der Waals surface area contributed by atoms with E-state index >= 15 is 0 Å². The number of nitrogens with zero attached hydrogens (tertiary/aromatic N) is 1. The zero-order valence-corrected chi connectivity index (χ0v) is 18.8. The van der Waals surface area contributed by atoms with E-state index in [4.69, 9.17) is 14.2 Å². The van der Waals surface area contributed by atoms with Crippen LogP contribution in [0.15, 0.2) is 66.7 Å². The fourth-order valence-corrected chi connectivity index (χ4v) is 3.74. The predicted octanol–water partition coefficient (Wildman–Crippen LogP) is 3.48. The molecule has 0 atom stereocenters. The van der Waals surface area contributed by atoms with Crippen molar-refractivity contribution in [1.29, 1.82) is 0 Å². The van der Waals surface area contributed by atoms with Gasteiger partial charge in [-0.25, -0.2) is 9.07 Å². The number of benzene rings is 3. The van der Waals surface area contributed by atoms with Crippen molar-refractivity contribution in [2.24, 2.45) is 0 Å². The van der Waals surface area contributed by atoms with Gasteiger partial charge in [-0.05, 0) is 36.4 Å². The summed E-state index contributed by atoms with van der Waals surface area (Å²) in [7, 11) is 1.43. The molecular weight excluding hydrogens is 471 g/mol. The molecule has 0 saturated carbocycles. The van der Waals surface area contributed by atoms with Crippen LogP contribution >= 0.6 is 0 Å². The van der Waals surface area contributed by atoms with Gasteiger partial charge in [-0.15, -0.1) is 0 Å². The van der Waals surface area contributed by atoms with E-state index in [0.29, 0.717) is 33.8 Å². The zero-order valence-electron chi connectivity index (χ0n) is 18.8. The van der Waals surface area contributed by atoms with Crippen molar-refractivity contribution >= 4 is 40.0 Å². The molecule has 0 aliphatic carbocycles. The summed E-state index contributed by atoms with van der Waals surface area (Å²) in [5.41, 5.74) is 2.99. The molecule has 0 fully saturated rings. The summed E-state index contributed by atoms with van der Waals surface area (Å²) in [5.74, 6) is -2.10. The monoisotopic (exact) mass is 490 g/mol. The minimum atomic E-state index is -1.06. The van der Waals surface area contributed by atoms with E-state index in [9.17, 15) is 18.8 Å². The van der Waals surface area contributed by atoms with Crippen LogP contribution in [0.5, 0.6) is 17.2 Å².